The van der Waals surface area contributed by atoms with Crippen molar-refractivity contribution >= 4 is 24.3 Å². The first-order valence-electron chi connectivity index (χ1n) is 6.21. The van der Waals surface area contributed by atoms with Gasteiger partial charge in [0.2, 0.25) is 0 Å². The lowest BCUT2D eigenvalue weighted by Gasteiger charge is -2.18. The molecule has 0 spiro atoms. The molecule has 2 rings (SSSR count). The fraction of sp³-hybridized carbons (Fsp3) is 0.273. The van der Waals surface area contributed by atoms with Crippen LogP contribution in [-0.2, 0) is 15.7 Å². The van der Waals surface area contributed by atoms with Crippen LogP contribution in [0, 0.1) is 10.1 Å². The van der Waals surface area contributed by atoms with Crippen molar-refractivity contribution in [2.45, 2.75) is 6.54 Å². The van der Waals surface area contributed by atoms with Crippen molar-refractivity contribution in [2.24, 2.45) is 0 Å². The van der Waals surface area contributed by atoms with Crippen LogP contribution in [0.4, 0.5) is 5.69 Å². The predicted octanol–water partition coefficient (Wildman–Crippen LogP) is 0.303. The van der Waals surface area contributed by atoms with Crippen molar-refractivity contribution < 1.29 is 19.0 Å². The number of rotatable bonds is 5. The number of aromatic amines is 2. The minimum atomic E-state index is -3.81. The molecule has 0 saturated heterocycles. The van der Waals surface area contributed by atoms with Crippen molar-refractivity contribution in [1.29, 1.82) is 0 Å². The second kappa shape index (κ2) is 6.05. The molecule has 0 aliphatic rings. The first-order valence-corrected chi connectivity index (χ1v) is 8.24. The third-order valence-electron chi connectivity index (χ3n) is 2.79. The van der Waals surface area contributed by atoms with Crippen LogP contribution in [0.15, 0.2) is 21.7 Å². The molecular formula is C11H13N4O7P. The number of hydroxylamine groups is 2. The number of nitro groups is 1. The molecular weight excluding hydrogens is 331 g/mol. The number of aromatic nitrogens is 2. The van der Waals surface area contributed by atoms with Gasteiger partial charge in [0.25, 0.3) is 5.69 Å². The summed E-state index contributed by atoms with van der Waals surface area (Å²) in [5.41, 5.74) is -1.71. The average molecular weight is 344 g/mol. The molecule has 1 atom stereocenters. The van der Waals surface area contributed by atoms with Crippen LogP contribution >= 0.6 is 7.60 Å². The summed E-state index contributed by atoms with van der Waals surface area (Å²) < 4.78 is 16.0. The number of H-pyrrole nitrogens is 2. The molecule has 0 aliphatic carbocycles. The average Bonchev–Trinajstić information content (AvgIpc) is 2.38. The van der Waals surface area contributed by atoms with E-state index in [1.54, 1.807) is 0 Å². The largest absolute Gasteiger partial charge is 0.341 e. The smallest absolute Gasteiger partial charge is 0.324 e. The number of nitrogens with zero attached hydrogens (tertiary/aromatic N) is 2. The highest BCUT2D eigenvalue weighted by Gasteiger charge is 2.19. The zero-order valence-corrected chi connectivity index (χ0v) is 13.0. The van der Waals surface area contributed by atoms with Gasteiger partial charge in [-0.3, -0.25) is 24.3 Å². The second-order valence-electron chi connectivity index (χ2n) is 4.86. The molecule has 1 heterocycles. The Morgan fingerprint density at radius 2 is 1.96 bits per heavy atom. The van der Waals surface area contributed by atoms with Gasteiger partial charge in [0.15, 0.2) is 0 Å². The number of hydrogen-bond acceptors (Lipinski definition) is 7. The molecule has 0 aliphatic heterocycles. The number of benzene rings is 1. The van der Waals surface area contributed by atoms with E-state index in [4.69, 9.17) is 4.62 Å². The van der Waals surface area contributed by atoms with E-state index in [-0.39, 0.29) is 28.8 Å². The van der Waals surface area contributed by atoms with Crippen molar-refractivity contribution in [3.63, 3.8) is 0 Å². The molecule has 0 amide bonds. The zero-order chi connectivity index (χ0) is 17.4. The molecule has 1 aromatic heterocycles. The van der Waals surface area contributed by atoms with E-state index in [9.17, 15) is 29.2 Å². The van der Waals surface area contributed by atoms with E-state index in [1.165, 1.54) is 13.1 Å². The highest BCUT2D eigenvalue weighted by atomic mass is 31.2. The Kier molecular flexibility index (Phi) is 4.48. The van der Waals surface area contributed by atoms with Gasteiger partial charge in [-0.25, -0.2) is 4.62 Å². The van der Waals surface area contributed by atoms with Crippen LogP contribution in [0.25, 0.3) is 11.0 Å². The molecule has 11 nitrogen and oxygen atoms in total. The highest BCUT2D eigenvalue weighted by Crippen LogP contribution is 2.38. The van der Waals surface area contributed by atoms with Gasteiger partial charge in [-0.15, -0.1) is 0 Å². The molecule has 12 heteroatoms. The molecule has 0 bridgehead atoms. The summed E-state index contributed by atoms with van der Waals surface area (Å²) in [6, 6.07) is 2.28. The summed E-state index contributed by atoms with van der Waals surface area (Å²) >= 11 is 0. The molecule has 1 unspecified atom stereocenters. The Hall–Kier alpha value is -2.33. The van der Waals surface area contributed by atoms with Crippen LogP contribution in [0.2, 0.25) is 0 Å². The molecule has 23 heavy (non-hydrogen) atoms. The summed E-state index contributed by atoms with van der Waals surface area (Å²) in [6.07, 6.45) is 0. The van der Waals surface area contributed by atoms with Crippen LogP contribution < -0.4 is 11.1 Å². The van der Waals surface area contributed by atoms with Crippen LogP contribution in [0.5, 0.6) is 0 Å². The third-order valence-corrected chi connectivity index (χ3v) is 3.37. The van der Waals surface area contributed by atoms with E-state index < -0.39 is 23.6 Å². The zero-order valence-electron chi connectivity index (χ0n) is 12.1. The fourth-order valence-corrected chi connectivity index (χ4v) is 2.61. The van der Waals surface area contributed by atoms with Crippen LogP contribution in [0.1, 0.15) is 5.56 Å². The lowest BCUT2D eigenvalue weighted by Crippen LogP contribution is -2.29. The van der Waals surface area contributed by atoms with Crippen LogP contribution in [0.3, 0.4) is 0 Å². The van der Waals surface area contributed by atoms with Gasteiger partial charge < -0.3 is 14.9 Å². The minimum Gasteiger partial charge on any atom is -0.324 e. The maximum absolute atomic E-state index is 11.5. The number of non-ortho nitro benzene ring substituents is 1. The Bertz CT molecular complexity index is 928. The van der Waals surface area contributed by atoms with E-state index in [2.05, 4.69) is 9.97 Å². The summed E-state index contributed by atoms with van der Waals surface area (Å²) in [4.78, 5) is 46.9. The molecule has 0 radical (unpaired) electrons. The van der Waals surface area contributed by atoms with E-state index in [0.717, 1.165) is 17.8 Å². The SMILES string of the molecule is CN(Cc1cc([N+](=O)[O-])cc2[nH]c(=O)c(=O)[nH]c12)OP(C)(=O)O. The fourth-order valence-electron chi connectivity index (χ4n) is 2.04. The number of hydrogen-bond donors (Lipinski definition) is 3. The quantitative estimate of drug-likeness (QED) is 0.302. The monoisotopic (exact) mass is 344 g/mol. The first-order chi connectivity index (χ1) is 10.6. The standard InChI is InChI=1S/C11H13N4O7P/c1-14(22-23(2,20)21)5-6-3-7(15(18)19)4-8-9(6)13-11(17)10(16)12-8/h3-4H,5H2,1-2H3,(H,12,16)(H,13,17)(H,20,21). The predicted molar refractivity (Wildman–Crippen MR) is 80.1 cm³/mol. The normalized spacial score (nSPS) is 14.1. The summed E-state index contributed by atoms with van der Waals surface area (Å²) in [6.45, 7) is 0.840. The summed E-state index contributed by atoms with van der Waals surface area (Å²) in [5, 5.41) is 12.0. The van der Waals surface area contributed by atoms with Gasteiger partial charge in [0.05, 0.1) is 22.5 Å². The molecule has 2 aromatic rings. The van der Waals surface area contributed by atoms with Gasteiger partial charge >= 0.3 is 18.7 Å². The van der Waals surface area contributed by atoms with E-state index in [0.29, 0.717) is 0 Å². The maximum atomic E-state index is 11.5. The van der Waals surface area contributed by atoms with Crippen molar-refractivity contribution in [3.8, 4) is 0 Å². The van der Waals surface area contributed by atoms with E-state index in [1.807, 2.05) is 0 Å². The van der Waals surface area contributed by atoms with Crippen molar-refractivity contribution in [1.82, 2.24) is 15.0 Å². The van der Waals surface area contributed by atoms with Gasteiger partial charge in [0.1, 0.15) is 0 Å². The van der Waals surface area contributed by atoms with E-state index >= 15 is 0 Å². The second-order valence-corrected chi connectivity index (χ2v) is 6.63. The van der Waals surface area contributed by atoms with Gasteiger partial charge in [-0.2, -0.15) is 5.06 Å². The van der Waals surface area contributed by atoms with Gasteiger partial charge in [-0.05, 0) is 0 Å². The molecule has 124 valence electrons. The Morgan fingerprint density at radius 3 is 2.52 bits per heavy atom. The summed E-state index contributed by atoms with van der Waals surface area (Å²) in [5.74, 6) is 0. The van der Waals surface area contributed by atoms with Crippen molar-refractivity contribution in [2.75, 3.05) is 13.7 Å². The summed E-state index contributed by atoms with van der Waals surface area (Å²) in [7, 11) is -2.46. The Morgan fingerprint density at radius 1 is 1.35 bits per heavy atom. The molecule has 3 N–H and O–H groups in total. The minimum absolute atomic E-state index is 0.0656. The number of fused-ring (bicyclic) bond motifs is 1. The lowest BCUT2D eigenvalue weighted by atomic mass is 10.1. The Labute approximate surface area is 128 Å². The molecule has 0 saturated carbocycles. The van der Waals surface area contributed by atoms with Gasteiger partial charge in [-0.1, -0.05) is 0 Å². The molecule has 1 aromatic carbocycles. The van der Waals surface area contributed by atoms with Gasteiger partial charge in [0, 0.05) is 31.4 Å². The number of nitro benzene ring substituents is 1. The number of nitrogens with one attached hydrogen (secondary N) is 2. The topological polar surface area (TPSA) is 159 Å². The molecule has 0 fully saturated rings. The Balaban J connectivity index is 2.58. The lowest BCUT2D eigenvalue weighted by molar-refractivity contribution is -0.384. The van der Waals surface area contributed by atoms with Crippen LogP contribution in [-0.4, -0.2) is 38.6 Å². The maximum Gasteiger partial charge on any atom is 0.341 e. The van der Waals surface area contributed by atoms with Crippen molar-refractivity contribution in [3.05, 3.63) is 48.5 Å². The third kappa shape index (κ3) is 4.11. The highest BCUT2D eigenvalue weighted by molar-refractivity contribution is 7.51. The first kappa shape index (κ1) is 17.0.